The van der Waals surface area contributed by atoms with Gasteiger partial charge in [-0.15, -0.1) is 0 Å². The Hall–Kier alpha value is -1.28. The van der Waals surface area contributed by atoms with Crippen molar-refractivity contribution in [2.45, 2.75) is 25.7 Å². The van der Waals surface area contributed by atoms with Gasteiger partial charge in [-0.05, 0) is 49.8 Å². The van der Waals surface area contributed by atoms with Gasteiger partial charge >= 0.3 is 0 Å². The molecule has 1 atom stereocenters. The molecule has 1 aromatic carbocycles. The average Bonchev–Trinajstić information content (AvgIpc) is 2.74. The molecule has 102 valence electrons. The first kappa shape index (κ1) is 12.7. The average molecular weight is 256 g/mol. The van der Waals surface area contributed by atoms with Crippen molar-refractivity contribution in [2.24, 2.45) is 5.41 Å². The molecule has 1 aromatic rings. The van der Waals surface area contributed by atoms with Crippen LogP contribution in [-0.2, 0) is 6.42 Å². The van der Waals surface area contributed by atoms with Crippen molar-refractivity contribution < 1.29 is 0 Å². The van der Waals surface area contributed by atoms with E-state index in [1.165, 1.54) is 43.5 Å². The van der Waals surface area contributed by atoms with Crippen molar-refractivity contribution in [1.82, 2.24) is 5.32 Å². The lowest BCUT2D eigenvalue weighted by molar-refractivity contribution is 0.353. The third-order valence-corrected chi connectivity index (χ3v) is 4.75. The molecule has 2 heteroatoms. The number of rotatable bonds is 2. The topological polar surface area (TPSA) is 15.3 Å². The van der Waals surface area contributed by atoms with E-state index >= 15 is 0 Å². The first-order valence-corrected chi connectivity index (χ1v) is 7.37. The maximum Gasteiger partial charge on any atom is 0.0396 e. The molecule has 19 heavy (non-hydrogen) atoms. The van der Waals surface area contributed by atoms with Gasteiger partial charge < -0.3 is 10.2 Å². The highest BCUT2D eigenvalue weighted by Crippen LogP contribution is 2.45. The van der Waals surface area contributed by atoms with Gasteiger partial charge in [0.25, 0.3) is 0 Å². The predicted octanol–water partition coefficient (Wildman–Crippen LogP) is 3.00. The second-order valence-corrected chi connectivity index (χ2v) is 6.17. The van der Waals surface area contributed by atoms with Gasteiger partial charge in [-0.2, -0.15) is 0 Å². The lowest BCUT2D eigenvalue weighted by Crippen LogP contribution is -2.23. The predicted molar refractivity (Wildman–Crippen MR) is 81.7 cm³/mol. The van der Waals surface area contributed by atoms with Crippen molar-refractivity contribution in [3.8, 4) is 0 Å². The van der Waals surface area contributed by atoms with Crippen molar-refractivity contribution in [3.05, 3.63) is 41.5 Å². The van der Waals surface area contributed by atoms with E-state index < -0.39 is 0 Å². The highest BCUT2D eigenvalue weighted by Gasteiger charge is 2.35. The monoisotopic (exact) mass is 256 g/mol. The largest absolute Gasteiger partial charge is 0.374 e. The number of nitrogens with zero attached hydrogens (tertiary/aromatic N) is 1. The zero-order valence-electron chi connectivity index (χ0n) is 12.1. The Bertz CT molecular complexity index is 492. The fraction of sp³-hybridized carbons (Fsp3) is 0.529. The van der Waals surface area contributed by atoms with Gasteiger partial charge in [-0.1, -0.05) is 29.8 Å². The second kappa shape index (κ2) is 5.01. The van der Waals surface area contributed by atoms with Crippen LogP contribution in [0.5, 0.6) is 0 Å². The molecule has 0 bridgehead atoms. The van der Waals surface area contributed by atoms with Crippen LogP contribution in [0.2, 0.25) is 0 Å². The summed E-state index contributed by atoms with van der Waals surface area (Å²) >= 11 is 0. The normalized spacial score (nSPS) is 26.2. The molecule has 2 aliphatic rings. The third-order valence-electron chi connectivity index (χ3n) is 4.75. The molecule has 0 saturated heterocycles. The lowest BCUT2D eigenvalue weighted by atomic mass is 9.79. The summed E-state index contributed by atoms with van der Waals surface area (Å²) in [4.78, 5) is 2.42. The van der Waals surface area contributed by atoms with Crippen LogP contribution in [0.1, 0.15) is 24.8 Å². The van der Waals surface area contributed by atoms with E-state index in [0.29, 0.717) is 5.41 Å². The maximum absolute atomic E-state index is 3.30. The van der Waals surface area contributed by atoms with Crippen molar-refractivity contribution >= 4 is 5.69 Å². The highest BCUT2D eigenvalue weighted by molar-refractivity contribution is 5.55. The van der Waals surface area contributed by atoms with E-state index in [2.05, 4.69) is 47.6 Å². The number of benzene rings is 1. The molecule has 0 saturated carbocycles. The van der Waals surface area contributed by atoms with Crippen molar-refractivity contribution in [2.75, 3.05) is 32.1 Å². The zero-order valence-corrected chi connectivity index (χ0v) is 12.1. The molecule has 0 aromatic heterocycles. The number of para-hydroxylation sites is 1. The van der Waals surface area contributed by atoms with E-state index in [9.17, 15) is 0 Å². The Balaban J connectivity index is 1.91. The number of hydrogen-bond acceptors (Lipinski definition) is 2. The van der Waals surface area contributed by atoms with E-state index in [4.69, 9.17) is 0 Å². The van der Waals surface area contributed by atoms with Crippen molar-refractivity contribution in [1.29, 1.82) is 0 Å². The van der Waals surface area contributed by atoms with Crippen LogP contribution in [0.3, 0.4) is 0 Å². The van der Waals surface area contributed by atoms with E-state index in [1.54, 1.807) is 5.57 Å². The summed E-state index contributed by atoms with van der Waals surface area (Å²) in [5.41, 5.74) is 4.95. The molecule has 1 aliphatic heterocycles. The number of likely N-dealkylation sites (N-methyl/N-ethyl adjacent to an activating group) is 1. The molecule has 2 nitrogen and oxygen atoms in total. The van der Waals surface area contributed by atoms with Crippen LogP contribution >= 0.6 is 0 Å². The number of hydrogen-bond donors (Lipinski definition) is 1. The summed E-state index contributed by atoms with van der Waals surface area (Å²) < 4.78 is 0. The van der Waals surface area contributed by atoms with Gasteiger partial charge in [0.2, 0.25) is 0 Å². The zero-order chi connectivity index (χ0) is 13.3. The summed E-state index contributed by atoms with van der Waals surface area (Å²) in [6, 6.07) is 8.91. The maximum atomic E-state index is 3.30. The molecule has 1 unspecified atom stereocenters. The minimum atomic E-state index is 0.410. The lowest BCUT2D eigenvalue weighted by Gasteiger charge is -2.25. The second-order valence-electron chi connectivity index (χ2n) is 6.17. The Labute approximate surface area is 116 Å². The summed E-state index contributed by atoms with van der Waals surface area (Å²) in [6.45, 7) is 2.22. The number of allylic oxidation sites excluding steroid dienone is 1. The van der Waals surface area contributed by atoms with Crippen LogP contribution < -0.4 is 10.2 Å². The number of anilines is 1. The van der Waals surface area contributed by atoms with Gasteiger partial charge in [0.05, 0.1) is 0 Å². The Morgan fingerprint density at radius 2 is 2.11 bits per heavy atom. The van der Waals surface area contributed by atoms with Gasteiger partial charge in [0.1, 0.15) is 0 Å². The fourth-order valence-corrected chi connectivity index (χ4v) is 3.70. The van der Waals surface area contributed by atoms with Crippen LogP contribution in [0.25, 0.3) is 0 Å². The molecule has 0 fully saturated rings. The van der Waals surface area contributed by atoms with Gasteiger partial charge in [0.15, 0.2) is 0 Å². The first-order valence-electron chi connectivity index (χ1n) is 7.37. The molecule has 3 rings (SSSR count). The first-order chi connectivity index (χ1) is 9.22. The van der Waals surface area contributed by atoms with Gasteiger partial charge in [-0.3, -0.25) is 0 Å². The fourth-order valence-electron chi connectivity index (χ4n) is 3.70. The van der Waals surface area contributed by atoms with Crippen LogP contribution in [0, 0.1) is 5.41 Å². The Morgan fingerprint density at radius 3 is 2.95 bits per heavy atom. The number of fused-ring (bicyclic) bond motifs is 1. The minimum Gasteiger partial charge on any atom is -0.374 e. The molecule has 0 radical (unpaired) electrons. The molecule has 1 heterocycles. The third kappa shape index (κ3) is 2.42. The summed E-state index contributed by atoms with van der Waals surface area (Å²) in [7, 11) is 4.27. The van der Waals surface area contributed by atoms with Crippen LogP contribution in [-0.4, -0.2) is 27.2 Å². The van der Waals surface area contributed by atoms with E-state index in [1.807, 2.05) is 7.05 Å². The smallest absolute Gasteiger partial charge is 0.0396 e. The standard InChI is InChI=1S/C17H24N2/c1-18-13-14-7-8-17(11-14)9-10-19(2)16-6-4-3-5-15(16)12-17/h3-6,11,18H,7-10,12-13H2,1-2H3. The van der Waals surface area contributed by atoms with Gasteiger partial charge in [-0.25, -0.2) is 0 Å². The summed E-state index contributed by atoms with van der Waals surface area (Å²) in [5.74, 6) is 0. The SMILES string of the molecule is CNCC1=CC2(CC1)CCN(C)c1ccccc1C2. The minimum absolute atomic E-state index is 0.410. The Morgan fingerprint density at radius 1 is 1.26 bits per heavy atom. The van der Waals surface area contributed by atoms with E-state index in [0.717, 1.165) is 6.54 Å². The van der Waals surface area contributed by atoms with Crippen LogP contribution in [0.15, 0.2) is 35.9 Å². The van der Waals surface area contributed by atoms with Crippen molar-refractivity contribution in [3.63, 3.8) is 0 Å². The van der Waals surface area contributed by atoms with E-state index in [-0.39, 0.29) is 0 Å². The van der Waals surface area contributed by atoms with Crippen LogP contribution in [0.4, 0.5) is 5.69 Å². The molecular formula is C17H24N2. The highest BCUT2D eigenvalue weighted by atomic mass is 15.1. The molecule has 0 amide bonds. The summed E-state index contributed by atoms with van der Waals surface area (Å²) in [6.07, 6.45) is 7.67. The number of nitrogens with one attached hydrogen (secondary N) is 1. The molecule has 1 N–H and O–H groups in total. The Kier molecular flexibility index (Phi) is 3.36. The quantitative estimate of drug-likeness (QED) is 0.818. The van der Waals surface area contributed by atoms with Gasteiger partial charge in [0, 0.05) is 25.8 Å². The molecular weight excluding hydrogens is 232 g/mol. The summed E-state index contributed by atoms with van der Waals surface area (Å²) in [5, 5.41) is 3.30. The molecule has 1 aliphatic carbocycles. The molecule has 1 spiro atoms.